The van der Waals surface area contributed by atoms with Crippen LogP contribution in [0.1, 0.15) is 10.4 Å². The van der Waals surface area contributed by atoms with Crippen LogP contribution in [0.3, 0.4) is 0 Å². The Morgan fingerprint density at radius 1 is 1.05 bits per heavy atom. The molecule has 2 rings (SSSR count). The van der Waals surface area contributed by atoms with Gasteiger partial charge in [0.15, 0.2) is 11.6 Å². The molecule has 0 unspecified atom stereocenters. The van der Waals surface area contributed by atoms with Gasteiger partial charge in [-0.05, 0) is 12.1 Å². The highest BCUT2D eigenvalue weighted by molar-refractivity contribution is 6.08. The van der Waals surface area contributed by atoms with Crippen LogP contribution in [0.15, 0.2) is 30.3 Å². The lowest BCUT2D eigenvalue weighted by molar-refractivity contribution is 0.102. The zero-order valence-corrected chi connectivity index (χ0v) is 10.8. The van der Waals surface area contributed by atoms with Crippen molar-refractivity contribution in [3.05, 3.63) is 59.2 Å². The first-order chi connectivity index (χ1) is 9.93. The molecule has 0 aliphatic heterocycles. The molecule has 2 N–H and O–H groups in total. The van der Waals surface area contributed by atoms with E-state index in [1.807, 2.05) is 5.32 Å². The largest absolute Gasteiger partial charge is 0.385 e. The van der Waals surface area contributed by atoms with Crippen LogP contribution < -0.4 is 10.6 Å². The fraction of sp³-hybridized carbons (Fsp3) is 0.0714. The smallest absolute Gasteiger partial charge is 0.257 e. The normalized spacial score (nSPS) is 10.3. The molecule has 3 nitrogen and oxygen atoms in total. The fourth-order valence-electron chi connectivity index (χ4n) is 1.80. The second-order valence-electron chi connectivity index (χ2n) is 4.12. The number of anilines is 2. The van der Waals surface area contributed by atoms with Crippen molar-refractivity contribution >= 4 is 17.3 Å². The SMILES string of the molecule is CNc1c(F)cccc1C(=O)Nc1cc(F)cc(F)c1F. The number of hydrogen-bond donors (Lipinski definition) is 2. The van der Waals surface area contributed by atoms with Crippen LogP contribution in [0, 0.1) is 23.3 Å². The highest BCUT2D eigenvalue weighted by atomic mass is 19.2. The predicted octanol–water partition coefficient (Wildman–Crippen LogP) is 3.54. The van der Waals surface area contributed by atoms with Crippen LogP contribution in [-0.2, 0) is 0 Å². The minimum Gasteiger partial charge on any atom is -0.385 e. The molecule has 0 aliphatic carbocycles. The Morgan fingerprint density at radius 3 is 2.43 bits per heavy atom. The van der Waals surface area contributed by atoms with Gasteiger partial charge in [-0.25, -0.2) is 17.6 Å². The number of hydrogen-bond acceptors (Lipinski definition) is 2. The maximum absolute atomic E-state index is 13.5. The first-order valence-electron chi connectivity index (χ1n) is 5.86. The summed E-state index contributed by atoms with van der Waals surface area (Å²) in [6.07, 6.45) is 0. The molecular weight excluding hydrogens is 288 g/mol. The van der Waals surface area contributed by atoms with Crippen LogP contribution in [0.5, 0.6) is 0 Å². The molecular formula is C14H10F4N2O. The summed E-state index contributed by atoms with van der Waals surface area (Å²) in [7, 11) is 1.40. The third kappa shape index (κ3) is 2.96. The Bertz CT molecular complexity index is 704. The van der Waals surface area contributed by atoms with Gasteiger partial charge in [0.05, 0.1) is 16.9 Å². The Kier molecular flexibility index (Phi) is 4.11. The Morgan fingerprint density at radius 2 is 1.76 bits per heavy atom. The van der Waals surface area contributed by atoms with Gasteiger partial charge < -0.3 is 10.6 Å². The van der Waals surface area contributed by atoms with Crippen LogP contribution in [-0.4, -0.2) is 13.0 Å². The molecule has 0 bridgehead atoms. The lowest BCUT2D eigenvalue weighted by atomic mass is 10.1. The number of para-hydroxylation sites is 1. The van der Waals surface area contributed by atoms with Crippen molar-refractivity contribution in [2.75, 3.05) is 17.7 Å². The van der Waals surface area contributed by atoms with Crippen LogP contribution in [0.25, 0.3) is 0 Å². The molecule has 0 fully saturated rings. The highest BCUT2D eigenvalue weighted by Crippen LogP contribution is 2.23. The Balaban J connectivity index is 2.37. The molecule has 7 heteroatoms. The lowest BCUT2D eigenvalue weighted by Crippen LogP contribution is -2.16. The molecule has 110 valence electrons. The standard InChI is InChI=1S/C14H10F4N2O/c1-19-13-8(3-2-4-9(13)16)14(21)20-11-6-7(15)5-10(17)12(11)18/h2-6,19H,1H3,(H,20,21). The molecule has 2 aromatic rings. The average Bonchev–Trinajstić information content (AvgIpc) is 2.43. The summed E-state index contributed by atoms with van der Waals surface area (Å²) >= 11 is 0. The van der Waals surface area contributed by atoms with Crippen LogP contribution in [0.2, 0.25) is 0 Å². The molecule has 0 saturated carbocycles. The second-order valence-corrected chi connectivity index (χ2v) is 4.12. The third-order valence-corrected chi connectivity index (χ3v) is 2.75. The molecule has 0 heterocycles. The van der Waals surface area contributed by atoms with Gasteiger partial charge in [-0.1, -0.05) is 6.07 Å². The molecule has 2 aromatic carbocycles. The summed E-state index contributed by atoms with van der Waals surface area (Å²) in [4.78, 5) is 12.0. The minimum atomic E-state index is -1.43. The Labute approximate surface area is 117 Å². The van der Waals surface area contributed by atoms with Crippen LogP contribution in [0.4, 0.5) is 28.9 Å². The van der Waals surface area contributed by atoms with Crippen molar-refractivity contribution in [2.45, 2.75) is 0 Å². The summed E-state index contributed by atoms with van der Waals surface area (Å²) < 4.78 is 53.1. The number of carbonyl (C=O) groups excluding carboxylic acids is 1. The lowest BCUT2D eigenvalue weighted by Gasteiger charge is -2.11. The topological polar surface area (TPSA) is 41.1 Å². The zero-order chi connectivity index (χ0) is 15.6. The van der Waals surface area contributed by atoms with E-state index in [2.05, 4.69) is 5.32 Å². The summed E-state index contributed by atoms with van der Waals surface area (Å²) in [5.41, 5.74) is -0.891. The van der Waals surface area contributed by atoms with E-state index in [-0.39, 0.29) is 11.3 Å². The number of amides is 1. The van der Waals surface area contributed by atoms with Gasteiger partial charge >= 0.3 is 0 Å². The van der Waals surface area contributed by atoms with E-state index in [0.29, 0.717) is 12.1 Å². The predicted molar refractivity (Wildman–Crippen MR) is 70.2 cm³/mol. The Hall–Kier alpha value is -2.57. The first-order valence-corrected chi connectivity index (χ1v) is 5.86. The highest BCUT2D eigenvalue weighted by Gasteiger charge is 2.18. The number of benzene rings is 2. The van der Waals surface area contributed by atoms with Crippen molar-refractivity contribution in [2.24, 2.45) is 0 Å². The molecule has 21 heavy (non-hydrogen) atoms. The van der Waals surface area contributed by atoms with Crippen LogP contribution >= 0.6 is 0 Å². The molecule has 0 saturated heterocycles. The van der Waals surface area contributed by atoms with Gasteiger partial charge in [-0.2, -0.15) is 0 Å². The molecule has 0 aliphatic rings. The molecule has 1 amide bonds. The number of rotatable bonds is 3. The quantitative estimate of drug-likeness (QED) is 0.672. The molecule has 0 atom stereocenters. The van der Waals surface area contributed by atoms with E-state index in [1.165, 1.54) is 19.2 Å². The second kappa shape index (κ2) is 5.82. The molecule has 0 aromatic heterocycles. The van der Waals surface area contributed by atoms with Gasteiger partial charge in [0.1, 0.15) is 11.6 Å². The average molecular weight is 298 g/mol. The zero-order valence-electron chi connectivity index (χ0n) is 10.8. The monoisotopic (exact) mass is 298 g/mol. The van der Waals surface area contributed by atoms with E-state index >= 15 is 0 Å². The summed E-state index contributed by atoms with van der Waals surface area (Å²) in [5.74, 6) is -5.46. The summed E-state index contributed by atoms with van der Waals surface area (Å²) in [6, 6.07) is 4.69. The summed E-state index contributed by atoms with van der Waals surface area (Å²) in [6.45, 7) is 0. The fourth-order valence-corrected chi connectivity index (χ4v) is 1.80. The van der Waals surface area contributed by atoms with E-state index in [0.717, 1.165) is 6.07 Å². The van der Waals surface area contributed by atoms with E-state index in [4.69, 9.17) is 0 Å². The summed E-state index contributed by atoms with van der Waals surface area (Å²) in [5, 5.41) is 4.50. The van der Waals surface area contributed by atoms with Crippen molar-refractivity contribution in [3.63, 3.8) is 0 Å². The van der Waals surface area contributed by atoms with Gasteiger partial charge in [0, 0.05) is 19.2 Å². The van der Waals surface area contributed by atoms with Crippen molar-refractivity contribution in [1.82, 2.24) is 0 Å². The van der Waals surface area contributed by atoms with E-state index in [1.54, 1.807) is 0 Å². The van der Waals surface area contributed by atoms with Gasteiger partial charge in [0.2, 0.25) is 0 Å². The third-order valence-electron chi connectivity index (χ3n) is 2.75. The van der Waals surface area contributed by atoms with Gasteiger partial charge in [-0.15, -0.1) is 0 Å². The van der Waals surface area contributed by atoms with Gasteiger partial charge in [0.25, 0.3) is 5.91 Å². The molecule has 0 radical (unpaired) electrons. The van der Waals surface area contributed by atoms with Gasteiger partial charge in [-0.3, -0.25) is 4.79 Å². The maximum Gasteiger partial charge on any atom is 0.257 e. The van der Waals surface area contributed by atoms with Crippen molar-refractivity contribution in [1.29, 1.82) is 0 Å². The minimum absolute atomic E-state index is 0.104. The number of nitrogens with one attached hydrogen (secondary N) is 2. The number of halogens is 4. The molecule has 0 spiro atoms. The van der Waals surface area contributed by atoms with Crippen molar-refractivity contribution < 1.29 is 22.4 Å². The maximum atomic E-state index is 13.5. The van der Waals surface area contributed by atoms with E-state index in [9.17, 15) is 22.4 Å². The number of carbonyl (C=O) groups is 1. The van der Waals surface area contributed by atoms with Crippen molar-refractivity contribution in [3.8, 4) is 0 Å². The first kappa shape index (κ1) is 14.8. The van der Waals surface area contributed by atoms with E-state index < -0.39 is 34.9 Å².